The van der Waals surface area contributed by atoms with Crippen LogP contribution in [0.3, 0.4) is 0 Å². The van der Waals surface area contributed by atoms with Gasteiger partial charge in [0.25, 0.3) is 0 Å². The normalized spacial score (nSPS) is 18.9. The van der Waals surface area contributed by atoms with Crippen LogP contribution in [0, 0.1) is 5.92 Å². The molecule has 1 aliphatic rings. The van der Waals surface area contributed by atoms with E-state index < -0.39 is 0 Å². The standard InChI is InChI=1S/C14H19BrO/c15-13-7-5-12(6-8-13)14(9-10-16)11-3-1-2-4-11/h5-8,11,14,16H,1-4,9-10H2. The van der Waals surface area contributed by atoms with Gasteiger partial charge in [-0.3, -0.25) is 0 Å². The highest BCUT2D eigenvalue weighted by molar-refractivity contribution is 9.10. The van der Waals surface area contributed by atoms with Gasteiger partial charge in [0.2, 0.25) is 0 Å². The minimum atomic E-state index is 0.303. The van der Waals surface area contributed by atoms with Crippen LogP contribution in [-0.2, 0) is 0 Å². The Morgan fingerprint density at radius 3 is 2.38 bits per heavy atom. The Hall–Kier alpha value is -0.340. The first-order valence-corrected chi connectivity index (χ1v) is 6.97. The van der Waals surface area contributed by atoms with E-state index in [0.717, 1.165) is 16.8 Å². The van der Waals surface area contributed by atoms with E-state index in [1.807, 2.05) is 0 Å². The summed E-state index contributed by atoms with van der Waals surface area (Å²) >= 11 is 3.47. The summed E-state index contributed by atoms with van der Waals surface area (Å²) in [5, 5.41) is 9.20. The van der Waals surface area contributed by atoms with Crippen molar-refractivity contribution in [2.75, 3.05) is 6.61 Å². The molecule has 1 nitrogen and oxygen atoms in total. The van der Waals surface area contributed by atoms with Crippen LogP contribution in [0.1, 0.15) is 43.6 Å². The SMILES string of the molecule is OCCC(c1ccc(Br)cc1)C1CCCC1. The molecule has 1 saturated carbocycles. The van der Waals surface area contributed by atoms with Gasteiger partial charge < -0.3 is 5.11 Å². The minimum absolute atomic E-state index is 0.303. The number of aliphatic hydroxyl groups excluding tert-OH is 1. The van der Waals surface area contributed by atoms with Gasteiger partial charge in [-0.05, 0) is 48.8 Å². The number of benzene rings is 1. The van der Waals surface area contributed by atoms with Crippen molar-refractivity contribution < 1.29 is 5.11 Å². The summed E-state index contributed by atoms with van der Waals surface area (Å²) in [5.74, 6) is 1.34. The topological polar surface area (TPSA) is 20.2 Å². The van der Waals surface area contributed by atoms with Crippen molar-refractivity contribution in [2.45, 2.75) is 38.0 Å². The zero-order valence-electron chi connectivity index (χ0n) is 9.53. The molecule has 1 aromatic rings. The average molecular weight is 283 g/mol. The third-order valence-corrected chi connectivity index (χ3v) is 4.24. The molecule has 16 heavy (non-hydrogen) atoms. The fourth-order valence-electron chi connectivity index (χ4n) is 2.88. The fraction of sp³-hybridized carbons (Fsp3) is 0.571. The predicted octanol–water partition coefficient (Wildman–Crippen LogP) is 4.11. The molecule has 0 bridgehead atoms. The van der Waals surface area contributed by atoms with Gasteiger partial charge in [-0.15, -0.1) is 0 Å². The van der Waals surface area contributed by atoms with Crippen molar-refractivity contribution in [3.63, 3.8) is 0 Å². The maximum absolute atomic E-state index is 9.20. The smallest absolute Gasteiger partial charge is 0.0436 e. The van der Waals surface area contributed by atoms with Crippen molar-refractivity contribution in [1.29, 1.82) is 0 Å². The van der Waals surface area contributed by atoms with E-state index in [2.05, 4.69) is 40.2 Å². The molecule has 0 heterocycles. The summed E-state index contributed by atoms with van der Waals surface area (Å²) in [6, 6.07) is 8.61. The first-order valence-electron chi connectivity index (χ1n) is 6.17. The van der Waals surface area contributed by atoms with Gasteiger partial charge in [-0.25, -0.2) is 0 Å². The molecule has 0 amide bonds. The number of aliphatic hydroxyl groups is 1. The van der Waals surface area contributed by atoms with E-state index >= 15 is 0 Å². The minimum Gasteiger partial charge on any atom is -0.396 e. The summed E-state index contributed by atoms with van der Waals surface area (Å²) < 4.78 is 1.13. The molecule has 1 N–H and O–H groups in total. The van der Waals surface area contributed by atoms with Gasteiger partial charge in [0.1, 0.15) is 0 Å². The van der Waals surface area contributed by atoms with Crippen LogP contribution in [0.25, 0.3) is 0 Å². The summed E-state index contributed by atoms with van der Waals surface area (Å²) in [7, 11) is 0. The number of hydrogen-bond acceptors (Lipinski definition) is 1. The lowest BCUT2D eigenvalue weighted by Crippen LogP contribution is -2.11. The van der Waals surface area contributed by atoms with E-state index in [1.54, 1.807) is 0 Å². The molecule has 88 valence electrons. The Morgan fingerprint density at radius 1 is 1.19 bits per heavy atom. The van der Waals surface area contributed by atoms with Crippen LogP contribution in [0.2, 0.25) is 0 Å². The van der Waals surface area contributed by atoms with Crippen molar-refractivity contribution >= 4 is 15.9 Å². The molecule has 0 radical (unpaired) electrons. The van der Waals surface area contributed by atoms with Gasteiger partial charge in [-0.1, -0.05) is 40.9 Å². The third kappa shape index (κ3) is 2.86. The highest BCUT2D eigenvalue weighted by Gasteiger charge is 2.25. The first-order chi connectivity index (χ1) is 7.81. The van der Waals surface area contributed by atoms with Gasteiger partial charge in [0.15, 0.2) is 0 Å². The highest BCUT2D eigenvalue weighted by atomic mass is 79.9. The molecule has 2 rings (SSSR count). The van der Waals surface area contributed by atoms with Crippen LogP contribution in [0.5, 0.6) is 0 Å². The number of halogens is 1. The molecule has 0 spiro atoms. The Balaban J connectivity index is 2.14. The van der Waals surface area contributed by atoms with Crippen molar-refractivity contribution in [3.8, 4) is 0 Å². The Labute approximate surface area is 106 Å². The van der Waals surface area contributed by atoms with E-state index in [1.165, 1.54) is 31.2 Å². The van der Waals surface area contributed by atoms with E-state index in [4.69, 9.17) is 0 Å². The quantitative estimate of drug-likeness (QED) is 0.881. The summed E-state index contributed by atoms with van der Waals surface area (Å²) in [4.78, 5) is 0. The average Bonchev–Trinajstić information content (AvgIpc) is 2.81. The second-order valence-corrected chi connectivity index (χ2v) is 5.63. The first kappa shape index (κ1) is 12.1. The second kappa shape index (κ2) is 5.83. The number of hydrogen-bond donors (Lipinski definition) is 1. The van der Waals surface area contributed by atoms with E-state index in [0.29, 0.717) is 12.5 Å². The molecule has 1 aliphatic carbocycles. The lowest BCUT2D eigenvalue weighted by molar-refractivity contribution is 0.254. The molecule has 0 saturated heterocycles. The molecule has 0 aromatic heterocycles. The van der Waals surface area contributed by atoms with Crippen LogP contribution >= 0.6 is 15.9 Å². The van der Waals surface area contributed by atoms with Crippen molar-refractivity contribution in [1.82, 2.24) is 0 Å². The van der Waals surface area contributed by atoms with Crippen LogP contribution in [0.4, 0.5) is 0 Å². The zero-order chi connectivity index (χ0) is 11.4. The van der Waals surface area contributed by atoms with Crippen LogP contribution < -0.4 is 0 Å². The lowest BCUT2D eigenvalue weighted by Gasteiger charge is -2.23. The van der Waals surface area contributed by atoms with E-state index in [-0.39, 0.29) is 0 Å². The molecular formula is C14H19BrO. The maximum atomic E-state index is 9.20. The molecule has 1 aromatic carbocycles. The predicted molar refractivity (Wildman–Crippen MR) is 70.5 cm³/mol. The van der Waals surface area contributed by atoms with Crippen LogP contribution in [0.15, 0.2) is 28.7 Å². The summed E-state index contributed by atoms with van der Waals surface area (Å²) in [6.45, 7) is 0.303. The molecule has 0 aliphatic heterocycles. The summed E-state index contributed by atoms with van der Waals surface area (Å²) in [5.41, 5.74) is 1.39. The lowest BCUT2D eigenvalue weighted by atomic mass is 9.83. The Kier molecular flexibility index (Phi) is 4.42. The van der Waals surface area contributed by atoms with Gasteiger partial charge in [0.05, 0.1) is 0 Å². The molecule has 1 atom stereocenters. The molecular weight excluding hydrogens is 264 g/mol. The molecule has 1 fully saturated rings. The largest absolute Gasteiger partial charge is 0.396 e. The Bertz CT molecular complexity index is 314. The zero-order valence-corrected chi connectivity index (χ0v) is 11.1. The molecule has 1 unspecified atom stereocenters. The van der Waals surface area contributed by atoms with Crippen molar-refractivity contribution in [3.05, 3.63) is 34.3 Å². The van der Waals surface area contributed by atoms with Gasteiger partial charge in [-0.2, -0.15) is 0 Å². The number of rotatable bonds is 4. The van der Waals surface area contributed by atoms with Crippen LogP contribution in [-0.4, -0.2) is 11.7 Å². The fourth-order valence-corrected chi connectivity index (χ4v) is 3.15. The Morgan fingerprint density at radius 2 is 1.81 bits per heavy atom. The maximum Gasteiger partial charge on any atom is 0.0436 e. The summed E-state index contributed by atoms with van der Waals surface area (Å²) in [6.07, 6.45) is 6.31. The van der Waals surface area contributed by atoms with Crippen molar-refractivity contribution in [2.24, 2.45) is 5.92 Å². The van der Waals surface area contributed by atoms with Gasteiger partial charge in [0, 0.05) is 11.1 Å². The third-order valence-electron chi connectivity index (χ3n) is 3.71. The molecule has 2 heteroatoms. The highest BCUT2D eigenvalue weighted by Crippen LogP contribution is 2.39. The van der Waals surface area contributed by atoms with Gasteiger partial charge >= 0.3 is 0 Å². The van der Waals surface area contributed by atoms with E-state index in [9.17, 15) is 5.11 Å². The monoisotopic (exact) mass is 282 g/mol. The second-order valence-electron chi connectivity index (χ2n) is 4.71.